The van der Waals surface area contributed by atoms with E-state index in [0.29, 0.717) is 33.8 Å². The van der Waals surface area contributed by atoms with E-state index in [1.54, 1.807) is 30.3 Å². The summed E-state index contributed by atoms with van der Waals surface area (Å²) in [6.07, 6.45) is 9.55. The number of methoxy groups -OCH3 is 2. The summed E-state index contributed by atoms with van der Waals surface area (Å²) in [5.74, 6) is 0.0850. The summed E-state index contributed by atoms with van der Waals surface area (Å²) in [5.41, 5.74) is 2.15. The van der Waals surface area contributed by atoms with Gasteiger partial charge in [0.25, 0.3) is 0 Å². The zero-order valence-electron chi connectivity index (χ0n) is 28.0. The molecule has 3 aromatic carbocycles. The van der Waals surface area contributed by atoms with Gasteiger partial charge in [-0.15, -0.1) is 5.10 Å². The summed E-state index contributed by atoms with van der Waals surface area (Å²) in [6.45, 7) is -0.218. The van der Waals surface area contributed by atoms with E-state index in [4.69, 9.17) is 9.47 Å². The fourth-order valence-corrected chi connectivity index (χ4v) is 8.24. The minimum Gasteiger partial charge on any atom is -0.493 e. The first-order chi connectivity index (χ1) is 23.8. The largest absolute Gasteiger partial charge is 0.493 e. The minimum absolute atomic E-state index is 0.0292. The molecule has 0 unspecified atom stereocenters. The van der Waals surface area contributed by atoms with Crippen molar-refractivity contribution >= 4 is 38.6 Å². The van der Waals surface area contributed by atoms with Gasteiger partial charge in [0.05, 0.1) is 24.6 Å². The van der Waals surface area contributed by atoms with E-state index in [0.717, 1.165) is 64.2 Å². The Labute approximate surface area is 287 Å². The van der Waals surface area contributed by atoms with Gasteiger partial charge in [0.1, 0.15) is 18.1 Å². The SMILES string of the molecule is COc1ccc([C@@H](C(=O)NC2CCCCC2)N(C(=O)Cn2nnc3ccccc32)c2ccc(S(=O)(=O)NC3CCCCC3)cc2)cc1OC. The number of ether oxygens (including phenoxy) is 2. The highest BCUT2D eigenvalue weighted by molar-refractivity contribution is 7.89. The normalized spacial score (nSPS) is 16.6. The Balaban J connectivity index is 1.41. The van der Waals surface area contributed by atoms with Gasteiger partial charge >= 0.3 is 0 Å². The number of nitrogens with one attached hydrogen (secondary N) is 2. The second kappa shape index (κ2) is 15.4. The molecule has 2 aliphatic carbocycles. The van der Waals surface area contributed by atoms with Gasteiger partial charge in [0.15, 0.2) is 11.5 Å². The smallest absolute Gasteiger partial charge is 0.249 e. The van der Waals surface area contributed by atoms with Crippen molar-refractivity contribution in [3.63, 3.8) is 0 Å². The van der Waals surface area contributed by atoms with Crippen LogP contribution in [-0.2, 0) is 26.2 Å². The number of amides is 2. The van der Waals surface area contributed by atoms with Crippen LogP contribution in [0, 0.1) is 0 Å². The molecule has 1 aromatic heterocycles. The van der Waals surface area contributed by atoms with E-state index >= 15 is 0 Å². The van der Waals surface area contributed by atoms with Crippen molar-refractivity contribution in [2.45, 2.75) is 93.8 Å². The number of hydrogen-bond donors (Lipinski definition) is 2. The number of rotatable bonds is 12. The maximum Gasteiger partial charge on any atom is 0.249 e. The van der Waals surface area contributed by atoms with E-state index in [1.165, 1.54) is 35.9 Å². The van der Waals surface area contributed by atoms with Crippen molar-refractivity contribution < 1.29 is 27.5 Å². The quantitative estimate of drug-likeness (QED) is 0.205. The first kappa shape index (κ1) is 34.4. The van der Waals surface area contributed by atoms with Crippen molar-refractivity contribution in [1.29, 1.82) is 0 Å². The molecule has 12 nitrogen and oxygen atoms in total. The third kappa shape index (κ3) is 7.88. The third-order valence-corrected chi connectivity index (χ3v) is 11.0. The molecule has 0 saturated heterocycles. The van der Waals surface area contributed by atoms with Gasteiger partial charge in [-0.05, 0) is 79.8 Å². The molecule has 1 atom stereocenters. The van der Waals surface area contributed by atoms with Crippen LogP contribution >= 0.6 is 0 Å². The first-order valence-electron chi connectivity index (χ1n) is 17.0. The minimum atomic E-state index is -3.80. The molecule has 2 aliphatic rings. The molecule has 1 heterocycles. The standard InChI is InChI=1S/C36H44N6O6S/c1-47-32-22-17-25(23-33(32)48-2)35(36(44)37-26-11-5-3-6-12-26)42(34(43)24-41-31-16-10-9-15-30(31)38-40-41)28-18-20-29(21-19-28)49(45,46)39-27-13-7-4-8-14-27/h9-10,15-23,26-27,35,39H,3-8,11-14,24H2,1-2H3,(H,37,44)/t35-/m0/s1. The molecular formula is C36H44N6O6S. The lowest BCUT2D eigenvalue weighted by Gasteiger charge is -2.34. The number of nitrogens with zero attached hydrogens (tertiary/aromatic N) is 4. The number of carbonyl (C=O) groups is 2. The highest BCUT2D eigenvalue weighted by atomic mass is 32.2. The third-order valence-electron chi connectivity index (χ3n) is 9.51. The van der Waals surface area contributed by atoms with Crippen LogP contribution in [0.1, 0.15) is 75.8 Å². The van der Waals surface area contributed by atoms with Crippen LogP contribution in [0.2, 0.25) is 0 Å². The number of para-hydroxylation sites is 1. The van der Waals surface area contributed by atoms with Crippen LogP contribution < -0.4 is 24.4 Å². The lowest BCUT2D eigenvalue weighted by molar-refractivity contribution is -0.127. The summed E-state index contributed by atoms with van der Waals surface area (Å²) in [5, 5.41) is 11.6. The number of carbonyl (C=O) groups excluding carboxylic acids is 2. The average molecular weight is 689 g/mol. The van der Waals surface area contributed by atoms with Crippen LogP contribution in [0.4, 0.5) is 5.69 Å². The monoisotopic (exact) mass is 688 g/mol. The average Bonchev–Trinajstić information content (AvgIpc) is 3.53. The second-order valence-corrected chi connectivity index (χ2v) is 14.5. The van der Waals surface area contributed by atoms with E-state index in [9.17, 15) is 18.0 Å². The Kier molecular flexibility index (Phi) is 10.8. The van der Waals surface area contributed by atoms with Crippen LogP contribution in [0.3, 0.4) is 0 Å². The zero-order chi connectivity index (χ0) is 34.4. The van der Waals surface area contributed by atoms with E-state index < -0.39 is 22.0 Å². The Morgan fingerprint density at radius 1 is 0.857 bits per heavy atom. The Hall–Kier alpha value is -4.49. The molecule has 2 saturated carbocycles. The molecule has 0 radical (unpaired) electrons. The summed E-state index contributed by atoms with van der Waals surface area (Å²) in [6, 6.07) is 17.3. The van der Waals surface area contributed by atoms with Crippen molar-refractivity contribution in [3.8, 4) is 11.5 Å². The maximum atomic E-state index is 14.6. The molecule has 2 N–H and O–H groups in total. The Morgan fingerprint density at radius 3 is 2.18 bits per heavy atom. The van der Waals surface area contributed by atoms with Gasteiger partial charge < -0.3 is 14.8 Å². The van der Waals surface area contributed by atoms with Gasteiger partial charge in [-0.2, -0.15) is 0 Å². The summed E-state index contributed by atoms with van der Waals surface area (Å²) in [7, 11) is -0.757. The van der Waals surface area contributed by atoms with Gasteiger partial charge in [-0.3, -0.25) is 14.5 Å². The Morgan fingerprint density at radius 2 is 1.51 bits per heavy atom. The first-order valence-corrected chi connectivity index (χ1v) is 18.5. The lowest BCUT2D eigenvalue weighted by atomic mass is 9.94. The Bertz CT molecular complexity index is 1870. The van der Waals surface area contributed by atoms with E-state index in [1.807, 2.05) is 24.3 Å². The molecular weight excluding hydrogens is 644 g/mol. The topological polar surface area (TPSA) is 145 Å². The molecule has 49 heavy (non-hydrogen) atoms. The van der Waals surface area contributed by atoms with Gasteiger partial charge in [0.2, 0.25) is 21.8 Å². The van der Waals surface area contributed by atoms with Crippen LogP contribution in [0.25, 0.3) is 11.0 Å². The molecule has 260 valence electrons. The number of fused-ring (bicyclic) bond motifs is 1. The molecule has 2 amide bonds. The van der Waals surface area contributed by atoms with Crippen molar-refractivity contribution in [2.75, 3.05) is 19.1 Å². The van der Waals surface area contributed by atoms with Gasteiger partial charge in [-0.25, -0.2) is 17.8 Å². The van der Waals surface area contributed by atoms with Crippen molar-refractivity contribution in [3.05, 3.63) is 72.3 Å². The number of aromatic nitrogens is 3. The molecule has 0 spiro atoms. The predicted octanol–water partition coefficient (Wildman–Crippen LogP) is 5.28. The van der Waals surface area contributed by atoms with E-state index in [-0.39, 0.29) is 29.4 Å². The summed E-state index contributed by atoms with van der Waals surface area (Å²) >= 11 is 0. The predicted molar refractivity (Wildman–Crippen MR) is 186 cm³/mol. The van der Waals surface area contributed by atoms with Gasteiger partial charge in [0, 0.05) is 17.8 Å². The fourth-order valence-electron chi connectivity index (χ4n) is 6.94. The second-order valence-electron chi connectivity index (χ2n) is 12.8. The van der Waals surface area contributed by atoms with Crippen LogP contribution in [0.5, 0.6) is 11.5 Å². The lowest BCUT2D eigenvalue weighted by Crippen LogP contribution is -2.48. The molecule has 0 bridgehead atoms. The number of benzene rings is 3. The maximum absolute atomic E-state index is 14.6. The highest BCUT2D eigenvalue weighted by Gasteiger charge is 2.35. The zero-order valence-corrected chi connectivity index (χ0v) is 28.8. The molecule has 13 heteroatoms. The molecule has 4 aromatic rings. The molecule has 2 fully saturated rings. The van der Waals surface area contributed by atoms with Crippen molar-refractivity contribution in [2.24, 2.45) is 0 Å². The van der Waals surface area contributed by atoms with Crippen molar-refractivity contribution in [1.82, 2.24) is 25.0 Å². The molecule has 6 rings (SSSR count). The number of anilines is 1. The fraction of sp³-hybridized carbons (Fsp3) is 0.444. The van der Waals surface area contributed by atoms with Crippen LogP contribution in [0.15, 0.2) is 71.6 Å². The number of hydrogen-bond acceptors (Lipinski definition) is 8. The highest BCUT2D eigenvalue weighted by Crippen LogP contribution is 2.36. The summed E-state index contributed by atoms with van der Waals surface area (Å²) < 4.78 is 42.1. The molecule has 0 aliphatic heterocycles. The van der Waals surface area contributed by atoms with E-state index in [2.05, 4.69) is 20.4 Å². The van der Waals surface area contributed by atoms with Crippen LogP contribution in [-0.4, -0.2) is 61.5 Å². The number of sulfonamides is 1. The summed E-state index contributed by atoms with van der Waals surface area (Å²) in [4.78, 5) is 30.5. The van der Waals surface area contributed by atoms with Gasteiger partial charge in [-0.1, -0.05) is 61.9 Å².